The van der Waals surface area contributed by atoms with Crippen LogP contribution in [0.1, 0.15) is 44.9 Å². The molecule has 4 nitrogen and oxygen atoms in total. The standard InChI is InChI=1S/C18H19FN2O2S2/c19-13-8-12(13)16(22)21-18-15(11-5-1-2-6-14(11)25-18)17(23)20-9-10-4-3-7-24-10/h3-4,7,12-13H,1-2,5-6,8-9H2,(H,20,23)(H,21,22)/t12-,13+/m0/s1. The topological polar surface area (TPSA) is 58.2 Å². The van der Waals surface area contributed by atoms with E-state index in [4.69, 9.17) is 0 Å². The lowest BCUT2D eigenvalue weighted by Crippen LogP contribution is -2.25. The average molecular weight is 378 g/mol. The number of halogens is 1. The summed E-state index contributed by atoms with van der Waals surface area (Å²) in [5, 5.41) is 8.33. The molecule has 2 amide bonds. The summed E-state index contributed by atoms with van der Waals surface area (Å²) in [6, 6.07) is 3.93. The number of hydrogen-bond acceptors (Lipinski definition) is 4. The van der Waals surface area contributed by atoms with Crippen molar-refractivity contribution in [2.45, 2.75) is 44.8 Å². The van der Waals surface area contributed by atoms with Crippen molar-refractivity contribution in [3.8, 4) is 0 Å². The third-order valence-electron chi connectivity index (χ3n) is 4.69. The van der Waals surface area contributed by atoms with E-state index in [0.717, 1.165) is 36.1 Å². The van der Waals surface area contributed by atoms with Crippen LogP contribution in [0.25, 0.3) is 0 Å². The van der Waals surface area contributed by atoms with Crippen molar-refractivity contribution in [1.29, 1.82) is 0 Å². The van der Waals surface area contributed by atoms with E-state index in [9.17, 15) is 14.0 Å². The maximum Gasteiger partial charge on any atom is 0.254 e. The zero-order valence-electron chi connectivity index (χ0n) is 13.6. The first-order valence-corrected chi connectivity index (χ1v) is 10.2. The van der Waals surface area contributed by atoms with Gasteiger partial charge in [-0.05, 0) is 49.1 Å². The monoisotopic (exact) mass is 378 g/mol. The molecule has 2 aliphatic rings. The van der Waals surface area contributed by atoms with Crippen LogP contribution in [0.2, 0.25) is 0 Å². The SMILES string of the molecule is O=C(NCc1cccs1)c1c(NC(=O)[C@H]2C[C@H]2F)sc2c1CCCC2. The highest BCUT2D eigenvalue weighted by Crippen LogP contribution is 2.40. The molecule has 1 fully saturated rings. The Morgan fingerprint density at radius 3 is 2.80 bits per heavy atom. The van der Waals surface area contributed by atoms with Gasteiger partial charge in [0.2, 0.25) is 5.91 Å². The van der Waals surface area contributed by atoms with E-state index in [2.05, 4.69) is 10.6 Å². The van der Waals surface area contributed by atoms with Crippen molar-refractivity contribution in [2.75, 3.05) is 5.32 Å². The number of thiophene rings is 2. The number of aryl methyl sites for hydroxylation is 1. The Hall–Kier alpha value is -1.73. The number of carbonyl (C=O) groups is 2. The molecule has 2 aromatic rings. The van der Waals surface area contributed by atoms with Gasteiger partial charge in [0.05, 0.1) is 18.0 Å². The lowest BCUT2D eigenvalue weighted by molar-refractivity contribution is -0.117. The van der Waals surface area contributed by atoms with Gasteiger partial charge in [-0.1, -0.05) is 6.07 Å². The van der Waals surface area contributed by atoms with Crippen LogP contribution in [0.15, 0.2) is 17.5 Å². The van der Waals surface area contributed by atoms with Crippen molar-refractivity contribution >= 4 is 39.5 Å². The summed E-state index contributed by atoms with van der Waals surface area (Å²) >= 11 is 3.07. The molecule has 2 N–H and O–H groups in total. The summed E-state index contributed by atoms with van der Waals surface area (Å²) in [7, 11) is 0. The molecule has 0 aromatic carbocycles. The van der Waals surface area contributed by atoms with Gasteiger partial charge in [0, 0.05) is 9.75 Å². The molecule has 4 rings (SSSR count). The number of alkyl halides is 1. The van der Waals surface area contributed by atoms with Crippen LogP contribution in [0.5, 0.6) is 0 Å². The van der Waals surface area contributed by atoms with E-state index in [1.165, 1.54) is 16.2 Å². The molecule has 2 heterocycles. The second kappa shape index (κ2) is 6.88. The van der Waals surface area contributed by atoms with Crippen LogP contribution >= 0.6 is 22.7 Å². The molecule has 0 aliphatic heterocycles. The number of nitrogens with one attached hydrogen (secondary N) is 2. The number of amides is 2. The predicted molar refractivity (Wildman–Crippen MR) is 98.1 cm³/mol. The van der Waals surface area contributed by atoms with Gasteiger partial charge >= 0.3 is 0 Å². The van der Waals surface area contributed by atoms with Crippen LogP contribution in [0, 0.1) is 5.92 Å². The quantitative estimate of drug-likeness (QED) is 0.829. The Bertz CT molecular complexity index is 800. The minimum atomic E-state index is -1.04. The summed E-state index contributed by atoms with van der Waals surface area (Å²) < 4.78 is 13.2. The van der Waals surface area contributed by atoms with Crippen LogP contribution in [-0.2, 0) is 24.2 Å². The molecule has 2 aromatic heterocycles. The molecule has 0 spiro atoms. The molecule has 1 saturated carbocycles. The third-order valence-corrected chi connectivity index (χ3v) is 6.77. The summed E-state index contributed by atoms with van der Waals surface area (Å²) in [6.07, 6.45) is 3.21. The van der Waals surface area contributed by atoms with Gasteiger partial charge in [-0.3, -0.25) is 9.59 Å². The van der Waals surface area contributed by atoms with Gasteiger partial charge in [0.15, 0.2) is 0 Å². The van der Waals surface area contributed by atoms with Gasteiger partial charge < -0.3 is 10.6 Å². The van der Waals surface area contributed by atoms with Gasteiger partial charge in [-0.2, -0.15) is 0 Å². The van der Waals surface area contributed by atoms with Crippen LogP contribution < -0.4 is 10.6 Å². The van der Waals surface area contributed by atoms with Crippen molar-refractivity contribution < 1.29 is 14.0 Å². The van der Waals surface area contributed by atoms with E-state index in [1.54, 1.807) is 11.3 Å². The van der Waals surface area contributed by atoms with E-state index < -0.39 is 12.1 Å². The summed E-state index contributed by atoms with van der Waals surface area (Å²) in [5.74, 6) is -1.02. The highest BCUT2D eigenvalue weighted by atomic mass is 32.1. The van der Waals surface area contributed by atoms with Crippen LogP contribution in [0.4, 0.5) is 9.39 Å². The molecule has 25 heavy (non-hydrogen) atoms. The lowest BCUT2D eigenvalue weighted by atomic mass is 9.95. The van der Waals surface area contributed by atoms with Crippen molar-refractivity contribution in [3.05, 3.63) is 38.4 Å². The Balaban J connectivity index is 1.56. The average Bonchev–Trinajstić information content (AvgIpc) is 3.01. The minimum absolute atomic E-state index is 0.157. The normalized spacial score (nSPS) is 21.5. The van der Waals surface area contributed by atoms with Crippen molar-refractivity contribution in [3.63, 3.8) is 0 Å². The fourth-order valence-electron chi connectivity index (χ4n) is 3.20. The Morgan fingerprint density at radius 1 is 1.28 bits per heavy atom. The molecule has 132 valence electrons. The first-order valence-electron chi connectivity index (χ1n) is 8.53. The number of carbonyl (C=O) groups excluding carboxylic acids is 2. The van der Waals surface area contributed by atoms with E-state index >= 15 is 0 Å². The smallest absolute Gasteiger partial charge is 0.254 e. The molecule has 2 atom stereocenters. The van der Waals surface area contributed by atoms with Crippen LogP contribution in [0.3, 0.4) is 0 Å². The highest BCUT2D eigenvalue weighted by molar-refractivity contribution is 7.17. The molecular formula is C18H19FN2O2S2. The molecule has 2 aliphatic carbocycles. The maximum atomic E-state index is 13.2. The second-order valence-corrected chi connectivity index (χ2v) is 8.66. The number of rotatable bonds is 5. The molecule has 0 radical (unpaired) electrons. The third kappa shape index (κ3) is 3.48. The first-order chi connectivity index (χ1) is 12.1. The number of anilines is 1. The van der Waals surface area contributed by atoms with Gasteiger partial charge in [0.25, 0.3) is 5.91 Å². The summed E-state index contributed by atoms with van der Waals surface area (Å²) in [6.45, 7) is 0.476. The largest absolute Gasteiger partial charge is 0.347 e. The van der Waals surface area contributed by atoms with Crippen LogP contribution in [-0.4, -0.2) is 18.0 Å². The molecule has 7 heteroatoms. The maximum absolute atomic E-state index is 13.2. The lowest BCUT2D eigenvalue weighted by Gasteiger charge is -2.13. The first kappa shape index (κ1) is 16.7. The van der Waals surface area contributed by atoms with Crippen molar-refractivity contribution in [2.24, 2.45) is 5.92 Å². The minimum Gasteiger partial charge on any atom is -0.347 e. The summed E-state index contributed by atoms with van der Waals surface area (Å²) in [4.78, 5) is 27.2. The van der Waals surface area contributed by atoms with Gasteiger partial charge in [-0.15, -0.1) is 22.7 Å². The molecular weight excluding hydrogens is 359 g/mol. The van der Waals surface area contributed by atoms with E-state index in [-0.39, 0.29) is 18.2 Å². The zero-order chi connectivity index (χ0) is 17.4. The Morgan fingerprint density at radius 2 is 2.08 bits per heavy atom. The molecule has 0 saturated heterocycles. The van der Waals surface area contributed by atoms with Gasteiger partial charge in [0.1, 0.15) is 11.2 Å². The molecule has 0 unspecified atom stereocenters. The summed E-state index contributed by atoms with van der Waals surface area (Å²) in [5.41, 5.74) is 1.64. The van der Waals surface area contributed by atoms with Gasteiger partial charge in [-0.25, -0.2) is 4.39 Å². The zero-order valence-corrected chi connectivity index (χ0v) is 15.3. The second-order valence-electron chi connectivity index (χ2n) is 6.52. The predicted octanol–water partition coefficient (Wildman–Crippen LogP) is 3.91. The Labute approximate surface area is 153 Å². The number of fused-ring (bicyclic) bond motifs is 1. The molecule has 0 bridgehead atoms. The highest BCUT2D eigenvalue weighted by Gasteiger charge is 2.44. The van der Waals surface area contributed by atoms with E-state index in [0.29, 0.717) is 17.1 Å². The van der Waals surface area contributed by atoms with Crippen molar-refractivity contribution in [1.82, 2.24) is 5.32 Å². The Kier molecular flexibility index (Phi) is 4.60. The fraction of sp³-hybridized carbons (Fsp3) is 0.444. The fourth-order valence-corrected chi connectivity index (χ4v) is 5.14. The number of hydrogen-bond donors (Lipinski definition) is 2. The van der Waals surface area contributed by atoms with E-state index in [1.807, 2.05) is 17.5 Å².